The van der Waals surface area contributed by atoms with Crippen molar-refractivity contribution in [3.8, 4) is 0 Å². The summed E-state index contributed by atoms with van der Waals surface area (Å²) in [5, 5.41) is 7.54. The molecule has 1 unspecified atom stereocenters. The van der Waals surface area contributed by atoms with Gasteiger partial charge in [0.2, 0.25) is 0 Å². The zero-order chi connectivity index (χ0) is 12.8. The highest BCUT2D eigenvalue weighted by Crippen LogP contribution is 2.42. The lowest BCUT2D eigenvalue weighted by Crippen LogP contribution is -2.53. The number of thioether (sulfide) groups is 1. The van der Waals surface area contributed by atoms with Gasteiger partial charge in [-0.05, 0) is 44.4 Å². The highest BCUT2D eigenvalue weighted by molar-refractivity contribution is 8.06. The van der Waals surface area contributed by atoms with Gasteiger partial charge < -0.3 is 4.42 Å². The summed E-state index contributed by atoms with van der Waals surface area (Å²) in [5.74, 6) is 0.947. The first-order valence-corrected chi connectivity index (χ1v) is 6.87. The summed E-state index contributed by atoms with van der Waals surface area (Å²) in [6.07, 6.45) is 6.00. The molecule has 0 spiro atoms. The fourth-order valence-electron chi connectivity index (χ4n) is 2.05. The fourth-order valence-corrected chi connectivity index (χ4v) is 2.83. The van der Waals surface area contributed by atoms with Crippen molar-refractivity contribution in [2.24, 2.45) is 0 Å². The molecule has 0 saturated carbocycles. The molecule has 0 aromatic carbocycles. The summed E-state index contributed by atoms with van der Waals surface area (Å²) in [4.78, 5) is 0. The molecule has 0 aliphatic carbocycles. The Hall–Kier alpha value is -1.17. The van der Waals surface area contributed by atoms with Crippen molar-refractivity contribution in [1.29, 1.82) is 0 Å². The molecule has 0 amide bonds. The van der Waals surface area contributed by atoms with Gasteiger partial charge in [0.05, 0.1) is 11.3 Å². The van der Waals surface area contributed by atoms with Crippen LogP contribution in [-0.4, -0.2) is 15.7 Å². The molecule has 0 bridgehead atoms. The molecule has 96 valence electrons. The molecule has 18 heavy (non-hydrogen) atoms. The van der Waals surface area contributed by atoms with Gasteiger partial charge in [0.1, 0.15) is 11.8 Å². The second-order valence-electron chi connectivity index (χ2n) is 5.42. The Bertz CT molecular complexity index is 487. The molecular formula is C13H17N3OS. The standard InChI is InChI=1S/C13H17N3OS/c1-13(2,3)14-16-10(11-5-4-7-17-11)9-12-15(16)6-8-18-12/h4-10,14H,1-3H3. The van der Waals surface area contributed by atoms with Crippen LogP contribution in [0.3, 0.4) is 0 Å². The number of fused-ring (bicyclic) bond motifs is 1. The van der Waals surface area contributed by atoms with Crippen LogP contribution < -0.4 is 5.43 Å². The topological polar surface area (TPSA) is 31.6 Å². The predicted molar refractivity (Wildman–Crippen MR) is 72.8 cm³/mol. The van der Waals surface area contributed by atoms with Crippen LogP contribution in [0.4, 0.5) is 0 Å². The minimum absolute atomic E-state index is 0.00473. The molecule has 0 saturated heterocycles. The van der Waals surface area contributed by atoms with E-state index in [0.717, 1.165) is 5.76 Å². The Labute approximate surface area is 111 Å². The summed E-state index contributed by atoms with van der Waals surface area (Å²) < 4.78 is 5.54. The molecule has 1 atom stereocenters. The summed E-state index contributed by atoms with van der Waals surface area (Å²) in [5.41, 5.74) is 3.51. The zero-order valence-electron chi connectivity index (χ0n) is 10.8. The van der Waals surface area contributed by atoms with Crippen molar-refractivity contribution in [2.75, 3.05) is 0 Å². The Balaban J connectivity index is 1.90. The average Bonchev–Trinajstić information content (AvgIpc) is 2.93. The molecule has 3 heterocycles. The van der Waals surface area contributed by atoms with Crippen molar-refractivity contribution in [3.05, 3.63) is 46.9 Å². The number of nitrogens with one attached hydrogen (secondary N) is 1. The first kappa shape index (κ1) is 11.9. The molecule has 5 heteroatoms. The SMILES string of the molecule is CC(C)(C)NN1C(c2ccco2)C=C2SC=CN21. The van der Waals surface area contributed by atoms with Crippen LogP contribution in [0, 0.1) is 0 Å². The van der Waals surface area contributed by atoms with Crippen molar-refractivity contribution in [1.82, 2.24) is 15.6 Å². The molecule has 1 N–H and O–H groups in total. The Morgan fingerprint density at radius 1 is 1.39 bits per heavy atom. The highest BCUT2D eigenvalue weighted by atomic mass is 32.2. The number of rotatable bonds is 2. The summed E-state index contributed by atoms with van der Waals surface area (Å²) in [6, 6.07) is 4.04. The summed E-state index contributed by atoms with van der Waals surface area (Å²) >= 11 is 1.73. The first-order chi connectivity index (χ1) is 8.54. The second-order valence-corrected chi connectivity index (χ2v) is 6.35. The third-order valence-corrected chi connectivity index (χ3v) is 3.52. The lowest BCUT2D eigenvalue weighted by Gasteiger charge is -2.36. The zero-order valence-corrected chi connectivity index (χ0v) is 11.6. The van der Waals surface area contributed by atoms with Crippen LogP contribution in [0.15, 0.2) is 45.5 Å². The van der Waals surface area contributed by atoms with E-state index < -0.39 is 0 Å². The van der Waals surface area contributed by atoms with Crippen LogP contribution in [0.1, 0.15) is 32.6 Å². The van der Waals surface area contributed by atoms with Crippen molar-refractivity contribution in [2.45, 2.75) is 32.4 Å². The Morgan fingerprint density at radius 3 is 2.89 bits per heavy atom. The molecule has 1 aromatic rings. The van der Waals surface area contributed by atoms with Crippen LogP contribution in [-0.2, 0) is 0 Å². The van der Waals surface area contributed by atoms with Crippen molar-refractivity contribution in [3.63, 3.8) is 0 Å². The first-order valence-electron chi connectivity index (χ1n) is 5.99. The van der Waals surface area contributed by atoms with Crippen LogP contribution in [0.5, 0.6) is 0 Å². The number of hydrogen-bond acceptors (Lipinski definition) is 5. The monoisotopic (exact) mass is 263 g/mol. The van der Waals surface area contributed by atoms with E-state index in [2.05, 4.69) is 54.0 Å². The van der Waals surface area contributed by atoms with E-state index >= 15 is 0 Å². The van der Waals surface area contributed by atoms with Gasteiger partial charge in [-0.1, -0.05) is 11.8 Å². The Kier molecular flexibility index (Phi) is 2.77. The maximum absolute atomic E-state index is 5.54. The van der Waals surface area contributed by atoms with E-state index in [4.69, 9.17) is 4.42 Å². The second kappa shape index (κ2) is 4.19. The number of furan rings is 1. The van der Waals surface area contributed by atoms with Gasteiger partial charge in [-0.15, -0.1) is 5.12 Å². The smallest absolute Gasteiger partial charge is 0.128 e. The van der Waals surface area contributed by atoms with E-state index in [1.54, 1.807) is 18.0 Å². The van der Waals surface area contributed by atoms with Crippen LogP contribution >= 0.6 is 11.8 Å². The predicted octanol–water partition coefficient (Wildman–Crippen LogP) is 3.22. The van der Waals surface area contributed by atoms with Gasteiger partial charge in [-0.2, -0.15) is 0 Å². The molecule has 2 aliphatic rings. The van der Waals surface area contributed by atoms with Gasteiger partial charge >= 0.3 is 0 Å². The number of hydrogen-bond donors (Lipinski definition) is 1. The summed E-state index contributed by atoms with van der Waals surface area (Å²) in [6.45, 7) is 6.45. The summed E-state index contributed by atoms with van der Waals surface area (Å²) in [7, 11) is 0. The van der Waals surface area contributed by atoms with Gasteiger partial charge in [-0.3, -0.25) is 5.01 Å². The molecule has 3 rings (SSSR count). The quantitative estimate of drug-likeness (QED) is 0.885. The van der Waals surface area contributed by atoms with Gasteiger partial charge in [0.15, 0.2) is 0 Å². The van der Waals surface area contributed by atoms with Crippen LogP contribution in [0.2, 0.25) is 0 Å². The molecule has 1 aromatic heterocycles. The van der Waals surface area contributed by atoms with Crippen molar-refractivity contribution < 1.29 is 4.42 Å². The van der Waals surface area contributed by atoms with E-state index in [1.165, 1.54) is 5.03 Å². The van der Waals surface area contributed by atoms with Gasteiger partial charge in [0.25, 0.3) is 0 Å². The lowest BCUT2D eigenvalue weighted by molar-refractivity contribution is -0.0377. The van der Waals surface area contributed by atoms with E-state index in [0.29, 0.717) is 0 Å². The fraction of sp³-hybridized carbons (Fsp3) is 0.385. The highest BCUT2D eigenvalue weighted by Gasteiger charge is 2.37. The number of hydrazine groups is 2. The number of nitrogens with zero attached hydrogens (tertiary/aromatic N) is 2. The van der Waals surface area contributed by atoms with Gasteiger partial charge in [-0.25, -0.2) is 5.43 Å². The minimum atomic E-state index is -0.00473. The maximum atomic E-state index is 5.54. The van der Waals surface area contributed by atoms with Crippen LogP contribution in [0.25, 0.3) is 0 Å². The molecule has 0 radical (unpaired) electrons. The maximum Gasteiger partial charge on any atom is 0.128 e. The average molecular weight is 263 g/mol. The minimum Gasteiger partial charge on any atom is -0.467 e. The largest absolute Gasteiger partial charge is 0.467 e. The van der Waals surface area contributed by atoms with E-state index in [1.807, 2.05) is 12.1 Å². The van der Waals surface area contributed by atoms with Gasteiger partial charge in [0, 0.05) is 11.7 Å². The normalized spacial score (nSPS) is 23.6. The van der Waals surface area contributed by atoms with E-state index in [9.17, 15) is 0 Å². The van der Waals surface area contributed by atoms with Crippen molar-refractivity contribution >= 4 is 11.8 Å². The Morgan fingerprint density at radius 2 is 2.22 bits per heavy atom. The van der Waals surface area contributed by atoms with E-state index in [-0.39, 0.29) is 11.6 Å². The molecule has 0 fully saturated rings. The molecule has 4 nitrogen and oxygen atoms in total. The molecular weight excluding hydrogens is 246 g/mol. The third-order valence-electron chi connectivity index (χ3n) is 2.70. The molecule has 2 aliphatic heterocycles. The third kappa shape index (κ3) is 2.09. The lowest BCUT2D eigenvalue weighted by atomic mass is 10.1.